The molecule has 1 heterocycles. The van der Waals surface area contributed by atoms with Gasteiger partial charge >= 0.3 is 0 Å². The van der Waals surface area contributed by atoms with Gasteiger partial charge in [0.05, 0.1) is 0 Å². The Balaban J connectivity index is 1.61. The van der Waals surface area contributed by atoms with Gasteiger partial charge in [0.2, 0.25) is 5.91 Å². The molecule has 1 saturated heterocycles. The molecule has 4 nitrogen and oxygen atoms in total. The summed E-state index contributed by atoms with van der Waals surface area (Å²) in [5.74, 6) is 2.37. The average Bonchev–Trinajstić information content (AvgIpc) is 2.53. The van der Waals surface area contributed by atoms with Crippen LogP contribution in [0.2, 0.25) is 0 Å². The second kappa shape index (κ2) is 7.10. The molecule has 3 rings (SSSR count). The average molecular weight is 322 g/mol. The molecule has 132 valence electrons. The van der Waals surface area contributed by atoms with E-state index in [2.05, 4.69) is 30.7 Å². The van der Waals surface area contributed by atoms with Gasteiger partial charge in [-0.15, -0.1) is 0 Å². The quantitative estimate of drug-likeness (QED) is 0.868. The summed E-state index contributed by atoms with van der Waals surface area (Å²) in [6, 6.07) is 0.769. The maximum absolute atomic E-state index is 13.1. The first-order valence-corrected chi connectivity index (χ1v) is 9.75. The minimum absolute atomic E-state index is 0.228. The van der Waals surface area contributed by atoms with Crippen molar-refractivity contribution in [2.75, 3.05) is 26.7 Å². The number of carbonyl (C=O) groups is 1. The van der Waals surface area contributed by atoms with Gasteiger partial charge in [-0.25, -0.2) is 0 Å². The van der Waals surface area contributed by atoms with Gasteiger partial charge in [0.25, 0.3) is 0 Å². The van der Waals surface area contributed by atoms with Crippen molar-refractivity contribution in [3.8, 4) is 0 Å². The van der Waals surface area contributed by atoms with Crippen LogP contribution in [0.1, 0.15) is 52.4 Å². The van der Waals surface area contributed by atoms with Crippen molar-refractivity contribution in [1.29, 1.82) is 0 Å². The summed E-state index contributed by atoms with van der Waals surface area (Å²) in [7, 11) is 2.05. The van der Waals surface area contributed by atoms with Crippen LogP contribution >= 0.6 is 0 Å². The van der Waals surface area contributed by atoms with Crippen LogP contribution in [0.15, 0.2) is 0 Å². The Hall–Kier alpha value is -0.610. The number of piperidine rings is 1. The Bertz CT molecular complexity index is 413. The third-order valence-corrected chi connectivity index (χ3v) is 7.00. The first kappa shape index (κ1) is 17.2. The fourth-order valence-electron chi connectivity index (χ4n) is 5.52. The first-order valence-electron chi connectivity index (χ1n) is 9.75. The van der Waals surface area contributed by atoms with E-state index in [9.17, 15) is 4.79 Å². The third kappa shape index (κ3) is 3.43. The molecule has 0 aromatic rings. The molecule has 0 aromatic carbocycles. The zero-order chi connectivity index (χ0) is 16.6. The van der Waals surface area contributed by atoms with Gasteiger partial charge in [-0.1, -0.05) is 20.3 Å². The Morgan fingerprint density at radius 2 is 1.87 bits per heavy atom. The van der Waals surface area contributed by atoms with E-state index in [4.69, 9.17) is 5.73 Å². The van der Waals surface area contributed by atoms with Crippen LogP contribution in [-0.4, -0.2) is 54.5 Å². The number of nitrogens with zero attached hydrogens (tertiary/aromatic N) is 2. The van der Waals surface area contributed by atoms with Crippen LogP contribution < -0.4 is 5.73 Å². The number of carbonyl (C=O) groups excluding carboxylic acids is 1. The van der Waals surface area contributed by atoms with Crippen molar-refractivity contribution < 1.29 is 4.79 Å². The van der Waals surface area contributed by atoms with Crippen molar-refractivity contribution in [2.24, 2.45) is 29.4 Å². The molecule has 2 saturated carbocycles. The maximum Gasteiger partial charge on any atom is 0.225 e. The number of hydrogen-bond donors (Lipinski definition) is 1. The first-order chi connectivity index (χ1) is 11.0. The van der Waals surface area contributed by atoms with Crippen LogP contribution in [0.4, 0.5) is 0 Å². The van der Waals surface area contributed by atoms with Crippen LogP contribution in [-0.2, 0) is 4.79 Å². The molecule has 0 radical (unpaired) electrons. The van der Waals surface area contributed by atoms with Crippen LogP contribution in [0.25, 0.3) is 0 Å². The van der Waals surface area contributed by atoms with E-state index in [-0.39, 0.29) is 5.92 Å². The molecule has 4 heteroatoms. The highest BCUT2D eigenvalue weighted by atomic mass is 16.2. The fourth-order valence-corrected chi connectivity index (χ4v) is 5.52. The summed E-state index contributed by atoms with van der Waals surface area (Å²) in [6.07, 6.45) is 6.96. The van der Waals surface area contributed by atoms with Crippen LogP contribution in [0.3, 0.4) is 0 Å². The Labute approximate surface area is 141 Å². The zero-order valence-electron chi connectivity index (χ0n) is 15.2. The third-order valence-electron chi connectivity index (χ3n) is 7.00. The molecule has 4 atom stereocenters. The standard InChI is InChI=1S/C19H35N3O/c1-4-22-9-8-17(13(2)12-22)21(3)19(23)16-10-14-6-5-7-15(11-16)18(14)20/h13-18H,4-12,20H2,1-3H3. The number of rotatable bonds is 3. The molecule has 0 spiro atoms. The second-order valence-electron chi connectivity index (χ2n) is 8.37. The molecule has 1 aliphatic heterocycles. The molecule has 4 unspecified atom stereocenters. The number of likely N-dealkylation sites (tertiary alicyclic amines) is 1. The zero-order valence-corrected chi connectivity index (χ0v) is 15.2. The largest absolute Gasteiger partial charge is 0.342 e. The predicted octanol–water partition coefficient (Wildman–Crippen LogP) is 2.33. The van der Waals surface area contributed by atoms with Crippen molar-refractivity contribution in [1.82, 2.24) is 9.80 Å². The van der Waals surface area contributed by atoms with Crippen LogP contribution in [0.5, 0.6) is 0 Å². The highest BCUT2D eigenvalue weighted by Crippen LogP contribution is 2.42. The van der Waals surface area contributed by atoms with Gasteiger partial charge in [0.1, 0.15) is 0 Å². The molecule has 3 fully saturated rings. The van der Waals surface area contributed by atoms with Gasteiger partial charge in [-0.2, -0.15) is 0 Å². The number of fused-ring (bicyclic) bond motifs is 2. The van der Waals surface area contributed by atoms with Crippen LogP contribution in [0, 0.1) is 23.7 Å². The lowest BCUT2D eigenvalue weighted by Crippen LogP contribution is -2.54. The Kier molecular flexibility index (Phi) is 5.32. The summed E-state index contributed by atoms with van der Waals surface area (Å²) in [6.45, 7) is 7.91. The van der Waals surface area contributed by atoms with Crippen molar-refractivity contribution in [3.05, 3.63) is 0 Å². The van der Waals surface area contributed by atoms with E-state index < -0.39 is 0 Å². The summed E-state index contributed by atoms with van der Waals surface area (Å²) >= 11 is 0. The molecule has 2 N–H and O–H groups in total. The van der Waals surface area contributed by atoms with Gasteiger partial charge in [0.15, 0.2) is 0 Å². The van der Waals surface area contributed by atoms with Gasteiger partial charge in [0, 0.05) is 38.1 Å². The lowest BCUT2D eigenvalue weighted by atomic mass is 9.65. The second-order valence-corrected chi connectivity index (χ2v) is 8.37. The maximum atomic E-state index is 13.1. The van der Waals surface area contributed by atoms with E-state index in [0.29, 0.717) is 35.7 Å². The minimum Gasteiger partial charge on any atom is -0.342 e. The predicted molar refractivity (Wildman–Crippen MR) is 94.0 cm³/mol. The van der Waals surface area contributed by atoms with Crippen molar-refractivity contribution in [3.63, 3.8) is 0 Å². The monoisotopic (exact) mass is 321 g/mol. The number of hydrogen-bond acceptors (Lipinski definition) is 3. The molecule has 1 amide bonds. The summed E-state index contributed by atoms with van der Waals surface area (Å²) in [4.78, 5) is 17.7. The summed E-state index contributed by atoms with van der Waals surface area (Å²) < 4.78 is 0. The smallest absolute Gasteiger partial charge is 0.225 e. The molecule has 2 bridgehead atoms. The lowest BCUT2D eigenvalue weighted by molar-refractivity contribution is -0.141. The minimum atomic E-state index is 0.228. The molecular formula is C19H35N3O. The van der Waals surface area contributed by atoms with Crippen molar-refractivity contribution in [2.45, 2.75) is 64.5 Å². The molecule has 2 aliphatic carbocycles. The van der Waals surface area contributed by atoms with Gasteiger partial charge in [-0.3, -0.25) is 4.79 Å². The Morgan fingerprint density at radius 1 is 1.22 bits per heavy atom. The van der Waals surface area contributed by atoms with E-state index in [1.807, 2.05) is 0 Å². The highest BCUT2D eigenvalue weighted by molar-refractivity contribution is 5.79. The fraction of sp³-hybridized carbons (Fsp3) is 0.947. The normalized spacial score (nSPS) is 41.6. The van der Waals surface area contributed by atoms with Gasteiger partial charge < -0.3 is 15.5 Å². The SMILES string of the molecule is CCN1CCC(N(C)C(=O)C2CC3CCCC(C2)C3N)C(C)C1. The summed E-state index contributed by atoms with van der Waals surface area (Å²) in [5, 5.41) is 0. The lowest BCUT2D eigenvalue weighted by Gasteiger charge is -2.46. The van der Waals surface area contributed by atoms with E-state index >= 15 is 0 Å². The van der Waals surface area contributed by atoms with E-state index in [1.54, 1.807) is 0 Å². The van der Waals surface area contributed by atoms with Crippen molar-refractivity contribution >= 4 is 5.91 Å². The molecular weight excluding hydrogens is 286 g/mol. The van der Waals surface area contributed by atoms with Gasteiger partial charge in [-0.05, 0) is 56.4 Å². The number of amides is 1. The Morgan fingerprint density at radius 3 is 2.43 bits per heavy atom. The van der Waals surface area contributed by atoms with E-state index in [0.717, 1.165) is 38.9 Å². The summed E-state index contributed by atoms with van der Waals surface area (Å²) in [5.41, 5.74) is 6.39. The highest BCUT2D eigenvalue weighted by Gasteiger charge is 2.42. The molecule has 3 aliphatic rings. The molecule has 0 aromatic heterocycles. The topological polar surface area (TPSA) is 49.6 Å². The number of nitrogens with two attached hydrogens (primary N) is 1. The van der Waals surface area contributed by atoms with E-state index in [1.165, 1.54) is 19.3 Å². The molecule has 23 heavy (non-hydrogen) atoms.